The molecule has 0 atom stereocenters. The van der Waals surface area contributed by atoms with Crippen molar-refractivity contribution >= 4 is 5.84 Å². The van der Waals surface area contributed by atoms with Gasteiger partial charge in [-0.1, -0.05) is 23.8 Å². The molecule has 0 aliphatic rings. The number of nitrogens with two attached hydrogens (primary N) is 1. The molecule has 0 spiro atoms. The van der Waals surface area contributed by atoms with Crippen molar-refractivity contribution in [2.45, 2.75) is 27.2 Å². The molecule has 0 saturated carbocycles. The molecule has 0 aliphatic heterocycles. The van der Waals surface area contributed by atoms with Crippen LogP contribution >= 0.6 is 0 Å². The Labute approximate surface area is 91.4 Å². The summed E-state index contributed by atoms with van der Waals surface area (Å²) in [6.45, 7) is 6.95. The van der Waals surface area contributed by atoms with E-state index in [0.29, 0.717) is 0 Å². The SMILES string of the molecule is CCN=C(Cc1cc(C)ccc1C)NN. The molecule has 15 heavy (non-hydrogen) atoms. The quantitative estimate of drug-likeness (QED) is 0.342. The molecule has 0 bridgehead atoms. The van der Waals surface area contributed by atoms with Crippen LogP contribution in [0, 0.1) is 13.8 Å². The molecule has 0 saturated heterocycles. The van der Waals surface area contributed by atoms with Gasteiger partial charge in [0.1, 0.15) is 5.84 Å². The fraction of sp³-hybridized carbons (Fsp3) is 0.417. The second-order valence-electron chi connectivity index (χ2n) is 3.67. The Bertz CT molecular complexity index is 356. The fourth-order valence-corrected chi connectivity index (χ4v) is 1.51. The number of nitrogens with one attached hydrogen (secondary N) is 1. The Morgan fingerprint density at radius 3 is 2.73 bits per heavy atom. The van der Waals surface area contributed by atoms with Crippen LogP contribution in [0.25, 0.3) is 0 Å². The zero-order valence-corrected chi connectivity index (χ0v) is 9.67. The summed E-state index contributed by atoms with van der Waals surface area (Å²) in [5.41, 5.74) is 6.47. The van der Waals surface area contributed by atoms with Gasteiger partial charge in [0.25, 0.3) is 0 Å². The van der Waals surface area contributed by atoms with E-state index in [0.717, 1.165) is 18.8 Å². The van der Waals surface area contributed by atoms with Crippen molar-refractivity contribution in [3.63, 3.8) is 0 Å². The summed E-state index contributed by atoms with van der Waals surface area (Å²) in [5, 5.41) is 0. The molecule has 0 fully saturated rings. The van der Waals surface area contributed by atoms with Gasteiger partial charge in [0, 0.05) is 13.0 Å². The first kappa shape index (κ1) is 11.7. The van der Waals surface area contributed by atoms with Gasteiger partial charge in [0.05, 0.1) is 0 Å². The van der Waals surface area contributed by atoms with Gasteiger partial charge >= 0.3 is 0 Å². The van der Waals surface area contributed by atoms with Gasteiger partial charge < -0.3 is 5.43 Å². The number of amidine groups is 1. The average Bonchev–Trinajstić information content (AvgIpc) is 2.22. The molecule has 1 rings (SSSR count). The van der Waals surface area contributed by atoms with Crippen molar-refractivity contribution in [2.75, 3.05) is 6.54 Å². The summed E-state index contributed by atoms with van der Waals surface area (Å²) in [6.07, 6.45) is 0.776. The Hall–Kier alpha value is -1.35. The predicted octanol–water partition coefficient (Wildman–Crippen LogP) is 1.73. The summed E-state index contributed by atoms with van der Waals surface area (Å²) in [5.74, 6) is 6.25. The van der Waals surface area contributed by atoms with Crippen molar-refractivity contribution in [1.29, 1.82) is 0 Å². The van der Waals surface area contributed by atoms with Crippen molar-refractivity contribution < 1.29 is 0 Å². The molecular formula is C12H19N3. The maximum Gasteiger partial charge on any atom is 0.115 e. The highest BCUT2D eigenvalue weighted by molar-refractivity contribution is 5.84. The van der Waals surface area contributed by atoms with Crippen LogP contribution in [0.5, 0.6) is 0 Å². The number of hydrogen-bond acceptors (Lipinski definition) is 2. The lowest BCUT2D eigenvalue weighted by Crippen LogP contribution is -2.32. The first-order valence-electron chi connectivity index (χ1n) is 5.23. The van der Waals surface area contributed by atoms with Crippen LogP contribution in [-0.4, -0.2) is 12.4 Å². The van der Waals surface area contributed by atoms with Crippen molar-refractivity contribution in [3.8, 4) is 0 Å². The highest BCUT2D eigenvalue weighted by Crippen LogP contribution is 2.11. The van der Waals surface area contributed by atoms with E-state index >= 15 is 0 Å². The van der Waals surface area contributed by atoms with Crippen LogP contribution in [0.2, 0.25) is 0 Å². The summed E-state index contributed by atoms with van der Waals surface area (Å²) < 4.78 is 0. The Balaban J connectivity index is 2.87. The number of hydrogen-bond donors (Lipinski definition) is 2. The summed E-state index contributed by atoms with van der Waals surface area (Å²) in [6, 6.07) is 6.42. The van der Waals surface area contributed by atoms with E-state index in [1.165, 1.54) is 16.7 Å². The molecule has 0 aromatic heterocycles. The zero-order valence-electron chi connectivity index (χ0n) is 9.67. The highest BCUT2D eigenvalue weighted by atomic mass is 15.2. The lowest BCUT2D eigenvalue weighted by Gasteiger charge is -2.09. The van der Waals surface area contributed by atoms with E-state index < -0.39 is 0 Å². The lowest BCUT2D eigenvalue weighted by atomic mass is 10.0. The largest absolute Gasteiger partial charge is 0.312 e. The van der Waals surface area contributed by atoms with Gasteiger partial charge in [-0.15, -0.1) is 0 Å². The van der Waals surface area contributed by atoms with Crippen molar-refractivity contribution in [1.82, 2.24) is 5.43 Å². The molecule has 0 heterocycles. The highest BCUT2D eigenvalue weighted by Gasteiger charge is 2.02. The smallest absolute Gasteiger partial charge is 0.115 e. The van der Waals surface area contributed by atoms with Crippen LogP contribution in [0.1, 0.15) is 23.6 Å². The molecule has 0 unspecified atom stereocenters. The van der Waals surface area contributed by atoms with Gasteiger partial charge in [-0.25, -0.2) is 5.84 Å². The van der Waals surface area contributed by atoms with Gasteiger partial charge in [0.2, 0.25) is 0 Å². The first-order valence-corrected chi connectivity index (χ1v) is 5.23. The van der Waals surface area contributed by atoms with Crippen LogP contribution in [0.15, 0.2) is 23.2 Å². The molecule has 3 N–H and O–H groups in total. The monoisotopic (exact) mass is 205 g/mol. The Kier molecular flexibility index (Phi) is 4.31. The van der Waals surface area contributed by atoms with Crippen LogP contribution in [0.4, 0.5) is 0 Å². The third kappa shape index (κ3) is 3.36. The molecule has 3 heteroatoms. The molecule has 0 amide bonds. The van der Waals surface area contributed by atoms with E-state index in [9.17, 15) is 0 Å². The third-order valence-corrected chi connectivity index (χ3v) is 2.38. The maximum atomic E-state index is 5.41. The Morgan fingerprint density at radius 1 is 1.40 bits per heavy atom. The number of nitrogens with zero attached hydrogens (tertiary/aromatic N) is 1. The molecule has 3 nitrogen and oxygen atoms in total. The van der Waals surface area contributed by atoms with E-state index in [4.69, 9.17) is 5.84 Å². The fourth-order valence-electron chi connectivity index (χ4n) is 1.51. The van der Waals surface area contributed by atoms with Crippen LogP contribution < -0.4 is 11.3 Å². The van der Waals surface area contributed by atoms with E-state index in [1.807, 2.05) is 6.92 Å². The minimum Gasteiger partial charge on any atom is -0.312 e. The molecule has 1 aromatic rings. The normalized spacial score (nSPS) is 11.6. The minimum atomic E-state index is 0.754. The van der Waals surface area contributed by atoms with Crippen LogP contribution in [-0.2, 0) is 6.42 Å². The summed E-state index contributed by atoms with van der Waals surface area (Å²) in [7, 11) is 0. The number of rotatable bonds is 3. The van der Waals surface area contributed by atoms with E-state index in [2.05, 4.69) is 42.5 Å². The molecule has 1 aromatic carbocycles. The average molecular weight is 205 g/mol. The molecule has 82 valence electrons. The predicted molar refractivity (Wildman–Crippen MR) is 64.9 cm³/mol. The Morgan fingerprint density at radius 2 is 2.13 bits per heavy atom. The number of hydrazine groups is 1. The van der Waals surface area contributed by atoms with Gasteiger partial charge in [-0.3, -0.25) is 4.99 Å². The standard InChI is InChI=1S/C12H19N3/c1-4-14-12(15-13)8-11-7-9(2)5-6-10(11)3/h5-7H,4,8,13H2,1-3H3,(H,14,15). The number of aryl methyl sites for hydroxylation is 2. The number of benzene rings is 1. The van der Waals surface area contributed by atoms with Crippen molar-refractivity contribution in [3.05, 3.63) is 34.9 Å². The summed E-state index contributed by atoms with van der Waals surface area (Å²) in [4.78, 5) is 4.29. The van der Waals surface area contributed by atoms with Crippen molar-refractivity contribution in [2.24, 2.45) is 10.8 Å². The third-order valence-electron chi connectivity index (χ3n) is 2.38. The number of aliphatic imine (C=N–C) groups is 1. The maximum absolute atomic E-state index is 5.41. The second-order valence-corrected chi connectivity index (χ2v) is 3.67. The summed E-state index contributed by atoms with van der Waals surface area (Å²) >= 11 is 0. The second kappa shape index (κ2) is 5.51. The topological polar surface area (TPSA) is 50.4 Å². The van der Waals surface area contributed by atoms with Gasteiger partial charge in [-0.2, -0.15) is 0 Å². The lowest BCUT2D eigenvalue weighted by molar-refractivity contribution is 0.954. The van der Waals surface area contributed by atoms with Gasteiger partial charge in [-0.05, 0) is 31.9 Å². The minimum absolute atomic E-state index is 0.754. The van der Waals surface area contributed by atoms with E-state index in [-0.39, 0.29) is 0 Å². The zero-order chi connectivity index (χ0) is 11.3. The first-order chi connectivity index (χ1) is 7.17. The molecule has 0 radical (unpaired) electrons. The molecule has 0 aliphatic carbocycles. The molecular weight excluding hydrogens is 186 g/mol. The van der Waals surface area contributed by atoms with Crippen LogP contribution in [0.3, 0.4) is 0 Å². The van der Waals surface area contributed by atoms with E-state index in [1.54, 1.807) is 0 Å². The van der Waals surface area contributed by atoms with Gasteiger partial charge in [0.15, 0.2) is 0 Å².